The summed E-state index contributed by atoms with van der Waals surface area (Å²) in [7, 11) is 1.52. The largest absolute Gasteiger partial charge is 0.497 e. The molecule has 1 fully saturated rings. The molecule has 2 amide bonds. The van der Waals surface area contributed by atoms with Gasteiger partial charge in [-0.1, -0.05) is 26.7 Å². The highest BCUT2D eigenvalue weighted by Gasteiger charge is 2.30. The van der Waals surface area contributed by atoms with E-state index in [4.69, 9.17) is 15.2 Å². The highest BCUT2D eigenvalue weighted by molar-refractivity contribution is 5.96. The second-order valence-corrected chi connectivity index (χ2v) is 6.87. The number of nitrogens with one attached hydrogen (secondary N) is 1. The van der Waals surface area contributed by atoms with Gasteiger partial charge in [-0.05, 0) is 37.3 Å². The molecular formula is C19H28N2O4. The summed E-state index contributed by atoms with van der Waals surface area (Å²) in [4.78, 5) is 24.1. The Hall–Kier alpha value is -2.24. The summed E-state index contributed by atoms with van der Waals surface area (Å²) in [6.45, 7) is 6.06. The second-order valence-electron chi connectivity index (χ2n) is 6.87. The minimum absolute atomic E-state index is 0.156. The van der Waals surface area contributed by atoms with E-state index in [2.05, 4.69) is 19.2 Å². The van der Waals surface area contributed by atoms with Gasteiger partial charge in [0.05, 0.1) is 12.7 Å². The van der Waals surface area contributed by atoms with Gasteiger partial charge in [0, 0.05) is 12.1 Å². The first kappa shape index (κ1) is 19.1. The highest BCUT2D eigenvalue weighted by atomic mass is 16.5. The van der Waals surface area contributed by atoms with Gasteiger partial charge in [-0.3, -0.25) is 9.59 Å². The molecule has 1 aromatic carbocycles. The van der Waals surface area contributed by atoms with Crippen molar-refractivity contribution < 1.29 is 19.1 Å². The Kier molecular flexibility index (Phi) is 6.28. The highest BCUT2D eigenvalue weighted by Crippen LogP contribution is 2.30. The molecule has 1 aliphatic carbocycles. The van der Waals surface area contributed by atoms with E-state index >= 15 is 0 Å². The summed E-state index contributed by atoms with van der Waals surface area (Å²) in [5, 5.41) is 3.08. The van der Waals surface area contributed by atoms with E-state index in [0.717, 1.165) is 12.8 Å². The van der Waals surface area contributed by atoms with Crippen LogP contribution < -0.4 is 20.5 Å². The average Bonchev–Trinajstić information content (AvgIpc) is 2.58. The van der Waals surface area contributed by atoms with Gasteiger partial charge in [-0.15, -0.1) is 0 Å². The zero-order valence-corrected chi connectivity index (χ0v) is 15.4. The Bertz CT molecular complexity index is 632. The van der Waals surface area contributed by atoms with Gasteiger partial charge < -0.3 is 20.5 Å². The number of amides is 2. The summed E-state index contributed by atoms with van der Waals surface area (Å²) in [6.07, 6.45) is 2.56. The van der Waals surface area contributed by atoms with Crippen LogP contribution in [0.4, 0.5) is 0 Å². The summed E-state index contributed by atoms with van der Waals surface area (Å²) < 4.78 is 10.9. The third-order valence-corrected chi connectivity index (χ3v) is 5.16. The van der Waals surface area contributed by atoms with Crippen molar-refractivity contribution in [2.75, 3.05) is 7.11 Å². The van der Waals surface area contributed by atoms with Gasteiger partial charge in [0.1, 0.15) is 11.5 Å². The number of carbonyl (C=O) groups excluding carboxylic acids is 2. The van der Waals surface area contributed by atoms with E-state index in [9.17, 15) is 9.59 Å². The number of methoxy groups -OCH3 is 1. The minimum atomic E-state index is -0.741. The molecule has 0 saturated heterocycles. The van der Waals surface area contributed by atoms with Gasteiger partial charge >= 0.3 is 0 Å². The number of hydrogen-bond donors (Lipinski definition) is 2. The van der Waals surface area contributed by atoms with Crippen LogP contribution in [0, 0.1) is 11.8 Å². The van der Waals surface area contributed by atoms with Crippen LogP contribution in [0.1, 0.15) is 50.4 Å². The molecular weight excluding hydrogens is 320 g/mol. The van der Waals surface area contributed by atoms with Crippen LogP contribution in [-0.4, -0.2) is 31.1 Å². The standard InChI is InChI=1S/C19H28N2O4/c1-11-6-5-7-16(12(11)2)21-19(23)13(3)25-17-10-14(24-4)8-9-15(17)18(20)22/h8-13,16H,5-7H2,1-4H3,(H2,20,22)(H,21,23)/t11-,12-,13-,16-/m1/s1. The molecule has 0 heterocycles. The number of primary amides is 1. The smallest absolute Gasteiger partial charge is 0.261 e. The van der Waals surface area contributed by atoms with Gasteiger partial charge in [0.25, 0.3) is 11.8 Å². The van der Waals surface area contributed by atoms with E-state index in [1.165, 1.54) is 19.6 Å². The Labute approximate surface area is 149 Å². The SMILES string of the molecule is COc1ccc(C(N)=O)c(O[C@H](C)C(=O)N[C@@H]2CCC[C@@H](C)[C@H]2C)c1. The van der Waals surface area contributed by atoms with E-state index in [1.807, 2.05) is 0 Å². The first-order chi connectivity index (χ1) is 11.8. The molecule has 4 atom stereocenters. The zero-order chi connectivity index (χ0) is 18.6. The van der Waals surface area contributed by atoms with Gasteiger partial charge in [0.2, 0.25) is 0 Å². The van der Waals surface area contributed by atoms with Crippen LogP contribution in [0.2, 0.25) is 0 Å². The zero-order valence-electron chi connectivity index (χ0n) is 15.4. The van der Waals surface area contributed by atoms with Crippen LogP contribution in [-0.2, 0) is 4.79 Å². The maximum absolute atomic E-state index is 12.5. The first-order valence-electron chi connectivity index (χ1n) is 8.78. The molecule has 1 saturated carbocycles. The maximum Gasteiger partial charge on any atom is 0.261 e. The number of nitrogens with two attached hydrogens (primary N) is 1. The summed E-state index contributed by atoms with van der Waals surface area (Å²) in [5.41, 5.74) is 5.60. The quantitative estimate of drug-likeness (QED) is 0.826. The Morgan fingerprint density at radius 1 is 1.28 bits per heavy atom. The third kappa shape index (κ3) is 4.65. The van der Waals surface area contributed by atoms with Crippen molar-refractivity contribution in [2.45, 2.75) is 52.2 Å². The molecule has 0 spiro atoms. The lowest BCUT2D eigenvalue weighted by molar-refractivity contribution is -0.128. The maximum atomic E-state index is 12.5. The lowest BCUT2D eigenvalue weighted by Gasteiger charge is -2.35. The number of rotatable bonds is 6. The number of carbonyl (C=O) groups is 2. The molecule has 3 N–H and O–H groups in total. The molecule has 0 radical (unpaired) electrons. The minimum Gasteiger partial charge on any atom is -0.497 e. The number of ether oxygens (including phenoxy) is 2. The lowest BCUT2D eigenvalue weighted by atomic mass is 9.78. The first-order valence-corrected chi connectivity index (χ1v) is 8.78. The molecule has 0 aliphatic heterocycles. The molecule has 1 aliphatic rings. The van der Waals surface area contributed by atoms with Crippen LogP contribution in [0.25, 0.3) is 0 Å². The molecule has 6 nitrogen and oxygen atoms in total. The fraction of sp³-hybridized carbons (Fsp3) is 0.579. The molecule has 0 aromatic heterocycles. The van der Waals surface area contributed by atoms with Crippen LogP contribution >= 0.6 is 0 Å². The third-order valence-electron chi connectivity index (χ3n) is 5.16. The van der Waals surface area contributed by atoms with Crippen molar-refractivity contribution in [3.05, 3.63) is 23.8 Å². The van der Waals surface area contributed by atoms with Crippen molar-refractivity contribution in [1.29, 1.82) is 0 Å². The molecule has 0 bridgehead atoms. The fourth-order valence-corrected chi connectivity index (χ4v) is 3.26. The summed E-state index contributed by atoms with van der Waals surface area (Å²) in [5.74, 6) is 1.00. The molecule has 138 valence electrons. The second kappa shape index (κ2) is 8.23. The molecule has 0 unspecified atom stereocenters. The molecule has 2 rings (SSSR count). The van der Waals surface area contributed by atoms with E-state index < -0.39 is 12.0 Å². The van der Waals surface area contributed by atoms with Crippen LogP contribution in [0.15, 0.2) is 18.2 Å². The van der Waals surface area contributed by atoms with Gasteiger partial charge in [-0.25, -0.2) is 0 Å². The normalized spacial score (nSPS) is 24.2. The molecule has 1 aromatic rings. The van der Waals surface area contributed by atoms with Crippen molar-refractivity contribution in [2.24, 2.45) is 17.6 Å². The van der Waals surface area contributed by atoms with E-state index in [1.54, 1.807) is 19.1 Å². The van der Waals surface area contributed by atoms with E-state index in [-0.39, 0.29) is 23.3 Å². The van der Waals surface area contributed by atoms with Crippen molar-refractivity contribution in [1.82, 2.24) is 5.32 Å². The monoisotopic (exact) mass is 348 g/mol. The van der Waals surface area contributed by atoms with Crippen molar-refractivity contribution >= 4 is 11.8 Å². The molecule has 25 heavy (non-hydrogen) atoms. The topological polar surface area (TPSA) is 90.7 Å². The van der Waals surface area contributed by atoms with Crippen LogP contribution in [0.5, 0.6) is 11.5 Å². The molecule has 6 heteroatoms. The summed E-state index contributed by atoms with van der Waals surface area (Å²) >= 11 is 0. The van der Waals surface area contributed by atoms with Crippen molar-refractivity contribution in [3.63, 3.8) is 0 Å². The average molecular weight is 348 g/mol. The van der Waals surface area contributed by atoms with Gasteiger partial charge in [-0.2, -0.15) is 0 Å². The Morgan fingerprint density at radius 3 is 2.64 bits per heavy atom. The van der Waals surface area contributed by atoms with Gasteiger partial charge in [0.15, 0.2) is 6.10 Å². The predicted molar refractivity (Wildman–Crippen MR) is 95.7 cm³/mol. The predicted octanol–water partition coefficient (Wildman–Crippen LogP) is 2.50. The Balaban J connectivity index is 2.07. The fourth-order valence-electron chi connectivity index (χ4n) is 3.26. The number of hydrogen-bond acceptors (Lipinski definition) is 4. The lowest BCUT2D eigenvalue weighted by Crippen LogP contribution is -2.48. The summed E-state index contributed by atoms with van der Waals surface area (Å²) in [6, 6.07) is 4.88. The van der Waals surface area contributed by atoms with E-state index in [0.29, 0.717) is 17.6 Å². The Morgan fingerprint density at radius 2 is 2.00 bits per heavy atom. The van der Waals surface area contributed by atoms with Crippen molar-refractivity contribution in [3.8, 4) is 11.5 Å². The number of benzene rings is 1. The van der Waals surface area contributed by atoms with Crippen LogP contribution in [0.3, 0.4) is 0 Å².